The summed E-state index contributed by atoms with van der Waals surface area (Å²) in [6, 6.07) is 15.8. The molecule has 8 heteroatoms. The van der Waals surface area contributed by atoms with E-state index in [9.17, 15) is 4.79 Å². The number of fused-ring (bicyclic) bond motifs is 1. The van der Waals surface area contributed by atoms with E-state index in [1.165, 1.54) is 0 Å². The Morgan fingerprint density at radius 3 is 2.56 bits per heavy atom. The van der Waals surface area contributed by atoms with Crippen LogP contribution in [0, 0.1) is 0 Å². The number of carbonyl (C=O) groups is 1. The highest BCUT2D eigenvalue weighted by Crippen LogP contribution is 2.30. The largest absolute Gasteiger partial charge is 0.493 e. The molecule has 0 radical (unpaired) electrons. The van der Waals surface area contributed by atoms with E-state index < -0.39 is 0 Å². The van der Waals surface area contributed by atoms with Crippen LogP contribution in [0.15, 0.2) is 59.3 Å². The average molecular weight is 458 g/mol. The van der Waals surface area contributed by atoms with Crippen LogP contribution in [0.1, 0.15) is 30.1 Å². The zero-order valence-corrected chi connectivity index (χ0v) is 19.4. The molecule has 0 N–H and O–H groups in total. The number of pyridine rings is 1. The first-order valence-electron chi connectivity index (χ1n) is 11.7. The predicted octanol–water partition coefficient (Wildman–Crippen LogP) is 4.21. The molecule has 1 aliphatic heterocycles. The molecule has 0 atom stereocenters. The minimum absolute atomic E-state index is 0.00652. The SMILES string of the molecule is CCOc1ccc2ccccc2c1C(=O)N1CCN(c2ccc(-c3noc(CC)n3)cn2)CC1. The summed E-state index contributed by atoms with van der Waals surface area (Å²) in [6.45, 7) is 7.05. The van der Waals surface area contributed by atoms with Gasteiger partial charge in [-0.25, -0.2) is 4.98 Å². The van der Waals surface area contributed by atoms with Crippen molar-refractivity contribution in [2.45, 2.75) is 20.3 Å². The number of piperazine rings is 1. The number of hydrogen-bond donors (Lipinski definition) is 0. The summed E-state index contributed by atoms with van der Waals surface area (Å²) in [5, 5.41) is 5.96. The van der Waals surface area contributed by atoms with E-state index in [1.807, 2.05) is 67.3 Å². The third-order valence-corrected chi connectivity index (χ3v) is 6.07. The first-order chi connectivity index (χ1) is 16.7. The van der Waals surface area contributed by atoms with Gasteiger partial charge >= 0.3 is 0 Å². The van der Waals surface area contributed by atoms with Gasteiger partial charge in [-0.15, -0.1) is 0 Å². The smallest absolute Gasteiger partial charge is 0.258 e. The van der Waals surface area contributed by atoms with Crippen LogP contribution in [-0.4, -0.2) is 58.7 Å². The molecule has 3 heterocycles. The fraction of sp³-hybridized carbons (Fsp3) is 0.308. The summed E-state index contributed by atoms with van der Waals surface area (Å²) >= 11 is 0. The van der Waals surface area contributed by atoms with E-state index in [1.54, 1.807) is 6.20 Å². The van der Waals surface area contributed by atoms with Crippen molar-refractivity contribution in [2.75, 3.05) is 37.7 Å². The van der Waals surface area contributed by atoms with E-state index in [0.29, 0.717) is 62.2 Å². The van der Waals surface area contributed by atoms with Crippen molar-refractivity contribution < 1.29 is 14.1 Å². The summed E-state index contributed by atoms with van der Waals surface area (Å²) in [7, 11) is 0. The van der Waals surface area contributed by atoms with Crippen molar-refractivity contribution in [3.05, 3.63) is 66.2 Å². The third kappa shape index (κ3) is 4.19. The molecule has 8 nitrogen and oxygen atoms in total. The summed E-state index contributed by atoms with van der Waals surface area (Å²) in [4.78, 5) is 26.6. The Morgan fingerprint density at radius 2 is 1.85 bits per heavy atom. The quantitative estimate of drug-likeness (QED) is 0.429. The van der Waals surface area contributed by atoms with Gasteiger partial charge < -0.3 is 19.1 Å². The lowest BCUT2D eigenvalue weighted by Gasteiger charge is -2.35. The van der Waals surface area contributed by atoms with Gasteiger partial charge in [0.15, 0.2) is 0 Å². The Kier molecular flexibility index (Phi) is 6.12. The minimum atomic E-state index is 0.00652. The monoisotopic (exact) mass is 457 g/mol. The molecule has 2 aromatic carbocycles. The molecule has 1 amide bonds. The third-order valence-electron chi connectivity index (χ3n) is 6.07. The number of aryl methyl sites for hydroxylation is 1. The van der Waals surface area contributed by atoms with Crippen LogP contribution in [0.25, 0.3) is 22.2 Å². The lowest BCUT2D eigenvalue weighted by Crippen LogP contribution is -2.49. The van der Waals surface area contributed by atoms with E-state index >= 15 is 0 Å². The highest BCUT2D eigenvalue weighted by molar-refractivity contribution is 6.09. The van der Waals surface area contributed by atoms with Crippen LogP contribution >= 0.6 is 0 Å². The summed E-state index contributed by atoms with van der Waals surface area (Å²) < 4.78 is 11.0. The van der Waals surface area contributed by atoms with Gasteiger partial charge in [0.1, 0.15) is 11.6 Å². The predicted molar refractivity (Wildman–Crippen MR) is 130 cm³/mol. The number of rotatable bonds is 6. The molecule has 0 bridgehead atoms. The van der Waals surface area contributed by atoms with Gasteiger partial charge in [-0.05, 0) is 35.9 Å². The number of benzene rings is 2. The van der Waals surface area contributed by atoms with E-state index in [2.05, 4.69) is 20.0 Å². The molecule has 1 fully saturated rings. The molecule has 0 aliphatic carbocycles. The van der Waals surface area contributed by atoms with Gasteiger partial charge in [-0.2, -0.15) is 4.98 Å². The molecule has 4 aromatic rings. The van der Waals surface area contributed by atoms with Crippen molar-refractivity contribution in [2.24, 2.45) is 0 Å². The molecule has 5 rings (SSSR count). The van der Waals surface area contributed by atoms with Crippen LogP contribution in [-0.2, 0) is 6.42 Å². The van der Waals surface area contributed by atoms with Gasteiger partial charge in [0.25, 0.3) is 5.91 Å². The first-order valence-corrected chi connectivity index (χ1v) is 11.7. The normalized spacial score (nSPS) is 13.9. The summed E-state index contributed by atoms with van der Waals surface area (Å²) in [5.74, 6) is 2.67. The van der Waals surface area contributed by atoms with E-state index in [4.69, 9.17) is 9.26 Å². The first kappa shape index (κ1) is 21.9. The number of aromatic nitrogens is 3. The number of amides is 1. The zero-order valence-electron chi connectivity index (χ0n) is 19.4. The summed E-state index contributed by atoms with van der Waals surface area (Å²) in [5.41, 5.74) is 1.46. The van der Waals surface area contributed by atoms with Gasteiger partial charge in [0.05, 0.1) is 12.2 Å². The van der Waals surface area contributed by atoms with E-state index in [-0.39, 0.29) is 5.91 Å². The van der Waals surface area contributed by atoms with Gasteiger partial charge in [0, 0.05) is 44.4 Å². The van der Waals surface area contributed by atoms with Crippen molar-refractivity contribution in [1.82, 2.24) is 20.0 Å². The van der Waals surface area contributed by atoms with E-state index in [0.717, 1.165) is 22.2 Å². The second-order valence-corrected chi connectivity index (χ2v) is 8.14. The highest BCUT2D eigenvalue weighted by atomic mass is 16.5. The molecule has 1 saturated heterocycles. The Hall–Kier alpha value is -3.94. The Labute approximate surface area is 198 Å². The molecular formula is C26H27N5O3. The average Bonchev–Trinajstić information content (AvgIpc) is 3.38. The van der Waals surface area contributed by atoms with Crippen molar-refractivity contribution in [1.29, 1.82) is 0 Å². The number of anilines is 1. The van der Waals surface area contributed by atoms with Crippen molar-refractivity contribution in [3.63, 3.8) is 0 Å². The highest BCUT2D eigenvalue weighted by Gasteiger charge is 2.26. The molecule has 34 heavy (non-hydrogen) atoms. The van der Waals surface area contributed by atoms with Crippen LogP contribution < -0.4 is 9.64 Å². The standard InChI is InChI=1S/C26H27N5O3/c1-3-23-28-25(29-34-23)19-10-12-22(27-17-19)30-13-15-31(16-14-30)26(32)24-20-8-6-5-7-18(20)9-11-21(24)33-4-2/h5-12,17H,3-4,13-16H2,1-2H3. The van der Waals surface area contributed by atoms with Gasteiger partial charge in [-0.3, -0.25) is 4.79 Å². The second kappa shape index (κ2) is 9.51. The molecular weight excluding hydrogens is 430 g/mol. The zero-order chi connectivity index (χ0) is 23.5. The Morgan fingerprint density at radius 1 is 1.03 bits per heavy atom. The maximum Gasteiger partial charge on any atom is 0.258 e. The number of nitrogens with zero attached hydrogens (tertiary/aromatic N) is 5. The summed E-state index contributed by atoms with van der Waals surface area (Å²) in [6.07, 6.45) is 2.47. The molecule has 0 unspecified atom stereocenters. The molecule has 1 aliphatic rings. The van der Waals surface area contributed by atoms with Crippen molar-refractivity contribution >= 4 is 22.5 Å². The van der Waals surface area contributed by atoms with Gasteiger partial charge in [0.2, 0.25) is 11.7 Å². The fourth-order valence-electron chi connectivity index (χ4n) is 4.27. The lowest BCUT2D eigenvalue weighted by atomic mass is 10.0. The Bertz CT molecular complexity index is 1290. The van der Waals surface area contributed by atoms with Crippen LogP contribution in [0.5, 0.6) is 5.75 Å². The van der Waals surface area contributed by atoms with Crippen molar-refractivity contribution in [3.8, 4) is 17.1 Å². The van der Waals surface area contributed by atoms with Crippen LogP contribution in [0.4, 0.5) is 5.82 Å². The fourth-order valence-corrected chi connectivity index (χ4v) is 4.27. The lowest BCUT2D eigenvalue weighted by molar-refractivity contribution is 0.0744. The number of carbonyl (C=O) groups excluding carboxylic acids is 1. The molecule has 0 spiro atoms. The molecule has 2 aromatic heterocycles. The second-order valence-electron chi connectivity index (χ2n) is 8.14. The topological polar surface area (TPSA) is 84.6 Å². The van der Waals surface area contributed by atoms with Gasteiger partial charge in [-0.1, -0.05) is 42.4 Å². The number of hydrogen-bond acceptors (Lipinski definition) is 7. The van der Waals surface area contributed by atoms with Crippen LogP contribution in [0.3, 0.4) is 0 Å². The Balaban J connectivity index is 1.30. The minimum Gasteiger partial charge on any atom is -0.493 e. The maximum atomic E-state index is 13.6. The molecule has 174 valence electrons. The maximum absolute atomic E-state index is 13.6. The molecule has 0 saturated carbocycles. The number of ether oxygens (including phenoxy) is 1. The van der Waals surface area contributed by atoms with Crippen LogP contribution in [0.2, 0.25) is 0 Å².